The minimum Gasteiger partial charge on any atom is -0.480 e. The maximum absolute atomic E-state index is 12.1. The van der Waals surface area contributed by atoms with E-state index >= 15 is 0 Å². The third kappa shape index (κ3) is 6.32. The van der Waals surface area contributed by atoms with Crippen molar-refractivity contribution in [3.8, 4) is 11.1 Å². The van der Waals surface area contributed by atoms with Crippen molar-refractivity contribution in [1.29, 1.82) is 0 Å². The molecule has 3 amide bonds. The third-order valence-corrected chi connectivity index (χ3v) is 5.36. The van der Waals surface area contributed by atoms with Gasteiger partial charge in [0.05, 0.1) is 6.54 Å². The van der Waals surface area contributed by atoms with E-state index in [1.807, 2.05) is 48.5 Å². The molecule has 180 valence electrons. The lowest BCUT2D eigenvalue weighted by Gasteiger charge is -2.18. The molecule has 0 spiro atoms. The molecule has 0 bridgehead atoms. The molecule has 1 aliphatic carbocycles. The van der Waals surface area contributed by atoms with Crippen molar-refractivity contribution in [2.75, 3.05) is 40.3 Å². The third-order valence-electron chi connectivity index (χ3n) is 5.36. The summed E-state index contributed by atoms with van der Waals surface area (Å²) in [7, 11) is 3.36. The van der Waals surface area contributed by atoms with Crippen molar-refractivity contribution >= 4 is 23.9 Å². The van der Waals surface area contributed by atoms with Gasteiger partial charge in [-0.05, 0) is 36.3 Å². The predicted molar refractivity (Wildman–Crippen MR) is 124 cm³/mol. The van der Waals surface area contributed by atoms with E-state index in [-0.39, 0.29) is 25.6 Å². The number of alkyl carbamates (subject to hydrolysis) is 1. The Balaban J connectivity index is 1.42. The summed E-state index contributed by atoms with van der Waals surface area (Å²) < 4.78 is 5.35. The number of ether oxygens (including phenoxy) is 1. The van der Waals surface area contributed by atoms with Gasteiger partial charge in [0.2, 0.25) is 11.8 Å². The Labute approximate surface area is 197 Å². The lowest BCUT2D eigenvalue weighted by atomic mass is 9.98. The molecule has 1 aliphatic rings. The summed E-state index contributed by atoms with van der Waals surface area (Å²) in [6, 6.07) is 14.8. The second kappa shape index (κ2) is 11.3. The molecule has 0 saturated heterocycles. The van der Waals surface area contributed by atoms with Gasteiger partial charge in [0.25, 0.3) is 0 Å². The second-order valence-electron chi connectivity index (χ2n) is 8.18. The van der Waals surface area contributed by atoms with Crippen molar-refractivity contribution < 1.29 is 29.0 Å². The number of likely N-dealkylation sites (N-methyl/N-ethyl adjacent to an activating group) is 1. The molecule has 10 nitrogen and oxygen atoms in total. The number of nitrogens with zero attached hydrogens (tertiary/aromatic N) is 1. The SMILES string of the molecule is CN(C)C[C@H](NC(=O)CNC(=O)CNC(=O)OCC1c2ccccc2-c2ccccc21)C(=O)O. The lowest BCUT2D eigenvalue weighted by molar-refractivity contribution is -0.142. The van der Waals surface area contributed by atoms with Gasteiger partial charge in [-0.3, -0.25) is 9.59 Å². The van der Waals surface area contributed by atoms with Crippen LogP contribution in [0.15, 0.2) is 48.5 Å². The lowest BCUT2D eigenvalue weighted by Crippen LogP contribution is -2.50. The van der Waals surface area contributed by atoms with Crippen LogP contribution in [0.1, 0.15) is 17.0 Å². The van der Waals surface area contributed by atoms with Gasteiger partial charge in [-0.15, -0.1) is 0 Å². The van der Waals surface area contributed by atoms with Gasteiger partial charge in [-0.2, -0.15) is 0 Å². The Bertz CT molecular complexity index is 1030. The van der Waals surface area contributed by atoms with Crippen LogP contribution in [-0.4, -0.2) is 80.3 Å². The fraction of sp³-hybridized carbons (Fsp3) is 0.333. The summed E-state index contributed by atoms with van der Waals surface area (Å²) in [6.07, 6.45) is -0.751. The monoisotopic (exact) mass is 468 g/mol. The number of carbonyl (C=O) groups excluding carboxylic acids is 3. The minimum atomic E-state index is -1.18. The van der Waals surface area contributed by atoms with Crippen molar-refractivity contribution in [1.82, 2.24) is 20.9 Å². The summed E-state index contributed by atoms with van der Waals surface area (Å²) in [5.74, 6) is -2.53. The first-order valence-electron chi connectivity index (χ1n) is 10.8. The van der Waals surface area contributed by atoms with E-state index in [9.17, 15) is 19.2 Å². The Hall–Kier alpha value is -3.92. The van der Waals surface area contributed by atoms with Crippen LogP contribution >= 0.6 is 0 Å². The molecule has 0 saturated carbocycles. The molecule has 0 radical (unpaired) electrons. The van der Waals surface area contributed by atoms with E-state index in [1.54, 1.807) is 19.0 Å². The highest BCUT2D eigenvalue weighted by atomic mass is 16.5. The van der Waals surface area contributed by atoms with Crippen LogP contribution in [0, 0.1) is 0 Å². The molecular weight excluding hydrogens is 440 g/mol. The molecular formula is C24H28N4O6. The normalized spacial score (nSPS) is 12.9. The minimum absolute atomic E-state index is 0.0972. The van der Waals surface area contributed by atoms with Gasteiger partial charge in [0.15, 0.2) is 0 Å². The van der Waals surface area contributed by atoms with Crippen molar-refractivity contribution in [2.24, 2.45) is 0 Å². The second-order valence-corrected chi connectivity index (χ2v) is 8.18. The zero-order chi connectivity index (χ0) is 24.7. The molecule has 4 N–H and O–H groups in total. The van der Waals surface area contributed by atoms with E-state index in [2.05, 4.69) is 16.0 Å². The molecule has 0 heterocycles. The first-order chi connectivity index (χ1) is 16.3. The molecule has 1 atom stereocenters. The molecule has 0 aromatic heterocycles. The van der Waals surface area contributed by atoms with Crippen LogP contribution in [0.5, 0.6) is 0 Å². The first-order valence-corrected chi connectivity index (χ1v) is 10.8. The van der Waals surface area contributed by atoms with Crippen LogP contribution < -0.4 is 16.0 Å². The number of carboxylic acids is 1. The summed E-state index contributed by atoms with van der Waals surface area (Å²) in [5.41, 5.74) is 4.38. The fourth-order valence-electron chi connectivity index (χ4n) is 3.84. The number of hydrogen-bond donors (Lipinski definition) is 4. The number of amides is 3. The summed E-state index contributed by atoms with van der Waals surface area (Å²) >= 11 is 0. The Morgan fingerprint density at radius 2 is 1.47 bits per heavy atom. The van der Waals surface area contributed by atoms with Gasteiger partial charge < -0.3 is 30.7 Å². The molecule has 2 aromatic rings. The highest BCUT2D eigenvalue weighted by molar-refractivity contribution is 5.89. The number of carboxylic acid groups (broad SMARTS) is 1. The number of rotatable bonds is 10. The molecule has 10 heteroatoms. The summed E-state index contributed by atoms with van der Waals surface area (Å²) in [5, 5.41) is 16.2. The molecule has 0 unspecified atom stereocenters. The smallest absolute Gasteiger partial charge is 0.407 e. The van der Waals surface area contributed by atoms with E-state index < -0.39 is 36.5 Å². The van der Waals surface area contributed by atoms with Crippen molar-refractivity contribution in [3.63, 3.8) is 0 Å². The largest absolute Gasteiger partial charge is 0.480 e. The molecule has 0 fully saturated rings. The number of fused-ring (bicyclic) bond motifs is 3. The predicted octanol–water partition coefficient (Wildman–Crippen LogP) is 0.772. The van der Waals surface area contributed by atoms with Gasteiger partial charge in [0, 0.05) is 12.5 Å². The van der Waals surface area contributed by atoms with Crippen LogP contribution in [0.2, 0.25) is 0 Å². The van der Waals surface area contributed by atoms with E-state index in [0.29, 0.717) is 0 Å². The maximum Gasteiger partial charge on any atom is 0.407 e. The summed E-state index contributed by atoms with van der Waals surface area (Å²) in [6.45, 7) is -0.572. The Morgan fingerprint density at radius 1 is 0.912 bits per heavy atom. The van der Waals surface area contributed by atoms with Crippen LogP contribution in [0.4, 0.5) is 4.79 Å². The van der Waals surface area contributed by atoms with E-state index in [4.69, 9.17) is 9.84 Å². The zero-order valence-corrected chi connectivity index (χ0v) is 19.0. The standard InChI is InChI=1S/C24H28N4O6/c1-28(2)13-20(23(31)32)27-22(30)12-25-21(29)11-26-24(33)34-14-19-17-9-5-3-7-15(17)16-8-4-6-10-18(16)19/h3-10,19-20H,11-14H2,1-2H3,(H,25,29)(H,26,33)(H,27,30)(H,31,32)/t20-/m0/s1. The van der Waals surface area contributed by atoms with Crippen LogP contribution in [-0.2, 0) is 19.1 Å². The van der Waals surface area contributed by atoms with Crippen molar-refractivity contribution in [3.05, 3.63) is 59.7 Å². The van der Waals surface area contributed by atoms with Crippen LogP contribution in [0.3, 0.4) is 0 Å². The Morgan fingerprint density at radius 3 is 2.03 bits per heavy atom. The van der Waals surface area contributed by atoms with Gasteiger partial charge >= 0.3 is 12.1 Å². The van der Waals surface area contributed by atoms with Crippen LogP contribution in [0.25, 0.3) is 11.1 Å². The number of aliphatic carboxylic acids is 1. The average molecular weight is 469 g/mol. The Kier molecular flexibility index (Phi) is 8.20. The number of carbonyl (C=O) groups is 4. The van der Waals surface area contributed by atoms with Crippen molar-refractivity contribution in [2.45, 2.75) is 12.0 Å². The average Bonchev–Trinajstić information content (AvgIpc) is 3.13. The zero-order valence-electron chi connectivity index (χ0n) is 19.0. The number of hydrogen-bond acceptors (Lipinski definition) is 6. The van der Waals surface area contributed by atoms with Gasteiger partial charge in [-0.25, -0.2) is 9.59 Å². The highest BCUT2D eigenvalue weighted by Crippen LogP contribution is 2.44. The first kappa shape index (κ1) is 24.7. The number of benzene rings is 2. The molecule has 3 rings (SSSR count). The molecule has 34 heavy (non-hydrogen) atoms. The fourth-order valence-corrected chi connectivity index (χ4v) is 3.84. The topological polar surface area (TPSA) is 137 Å². The molecule has 0 aliphatic heterocycles. The van der Waals surface area contributed by atoms with Gasteiger partial charge in [-0.1, -0.05) is 48.5 Å². The van der Waals surface area contributed by atoms with E-state index in [0.717, 1.165) is 22.3 Å². The van der Waals surface area contributed by atoms with E-state index in [1.165, 1.54) is 0 Å². The number of nitrogens with one attached hydrogen (secondary N) is 3. The molecule has 2 aromatic carbocycles. The quantitative estimate of drug-likeness (QED) is 0.404. The highest BCUT2D eigenvalue weighted by Gasteiger charge is 2.29. The maximum atomic E-state index is 12.1. The summed E-state index contributed by atoms with van der Waals surface area (Å²) in [4.78, 5) is 48.8. The van der Waals surface area contributed by atoms with Gasteiger partial charge in [0.1, 0.15) is 19.2 Å².